The van der Waals surface area contributed by atoms with E-state index in [1.54, 1.807) is 18.5 Å². The minimum Gasteiger partial charge on any atom is -0.464 e. The predicted octanol–water partition coefficient (Wildman–Crippen LogP) is 1.09. The number of carbonyl (C=O) groups is 1. The van der Waals surface area contributed by atoms with E-state index in [1.165, 1.54) is 0 Å². The standard InChI is InChI=1S/C10H17N3O2/c1-5-15-10(14)8(3)11-9-6-13(4)12-7(9)2/h6,8,11H,5H2,1-4H3. The lowest BCUT2D eigenvalue weighted by Crippen LogP contribution is -2.28. The van der Waals surface area contributed by atoms with E-state index in [0.717, 1.165) is 11.4 Å². The Hall–Kier alpha value is -1.52. The smallest absolute Gasteiger partial charge is 0.328 e. The monoisotopic (exact) mass is 211 g/mol. The lowest BCUT2D eigenvalue weighted by molar-refractivity contribution is -0.143. The molecule has 0 aliphatic rings. The van der Waals surface area contributed by atoms with Crippen LogP contribution in [0.3, 0.4) is 0 Å². The molecular weight excluding hydrogens is 194 g/mol. The fourth-order valence-corrected chi connectivity index (χ4v) is 1.30. The van der Waals surface area contributed by atoms with Crippen molar-refractivity contribution in [3.8, 4) is 0 Å². The molecule has 0 aliphatic heterocycles. The summed E-state index contributed by atoms with van der Waals surface area (Å²) in [5, 5.41) is 7.23. The van der Waals surface area contributed by atoms with E-state index in [-0.39, 0.29) is 12.0 Å². The highest BCUT2D eigenvalue weighted by molar-refractivity contribution is 5.78. The van der Waals surface area contributed by atoms with Crippen molar-refractivity contribution in [2.24, 2.45) is 7.05 Å². The Morgan fingerprint density at radius 3 is 2.87 bits per heavy atom. The Bertz CT molecular complexity index is 346. The van der Waals surface area contributed by atoms with Gasteiger partial charge in [-0.3, -0.25) is 4.68 Å². The van der Waals surface area contributed by atoms with Gasteiger partial charge in [-0.1, -0.05) is 0 Å². The first-order valence-corrected chi connectivity index (χ1v) is 4.98. The van der Waals surface area contributed by atoms with Crippen molar-refractivity contribution in [3.05, 3.63) is 11.9 Å². The molecule has 0 bridgehead atoms. The number of aromatic nitrogens is 2. The number of hydrogen-bond donors (Lipinski definition) is 1. The predicted molar refractivity (Wildman–Crippen MR) is 57.7 cm³/mol. The van der Waals surface area contributed by atoms with E-state index < -0.39 is 0 Å². The first-order chi connectivity index (χ1) is 7.04. The minimum atomic E-state index is -0.354. The summed E-state index contributed by atoms with van der Waals surface area (Å²) in [5.74, 6) is -0.249. The van der Waals surface area contributed by atoms with Crippen LogP contribution in [0, 0.1) is 6.92 Å². The average molecular weight is 211 g/mol. The highest BCUT2D eigenvalue weighted by atomic mass is 16.5. The van der Waals surface area contributed by atoms with Gasteiger partial charge < -0.3 is 10.1 Å². The van der Waals surface area contributed by atoms with E-state index >= 15 is 0 Å². The number of anilines is 1. The van der Waals surface area contributed by atoms with E-state index in [1.807, 2.05) is 20.2 Å². The van der Waals surface area contributed by atoms with Crippen LogP contribution in [0.5, 0.6) is 0 Å². The first-order valence-electron chi connectivity index (χ1n) is 4.98. The number of esters is 1. The average Bonchev–Trinajstić information content (AvgIpc) is 2.45. The van der Waals surface area contributed by atoms with Crippen LogP contribution >= 0.6 is 0 Å². The normalized spacial score (nSPS) is 12.3. The van der Waals surface area contributed by atoms with Crippen molar-refractivity contribution in [1.29, 1.82) is 0 Å². The molecule has 1 aromatic rings. The summed E-state index contributed by atoms with van der Waals surface area (Å²) in [7, 11) is 1.84. The summed E-state index contributed by atoms with van der Waals surface area (Å²) in [4.78, 5) is 11.4. The van der Waals surface area contributed by atoms with Crippen LogP contribution in [-0.2, 0) is 16.6 Å². The van der Waals surface area contributed by atoms with Crippen molar-refractivity contribution in [2.75, 3.05) is 11.9 Å². The van der Waals surface area contributed by atoms with Crippen molar-refractivity contribution < 1.29 is 9.53 Å². The van der Waals surface area contributed by atoms with Gasteiger partial charge in [-0.15, -0.1) is 0 Å². The van der Waals surface area contributed by atoms with Crippen LogP contribution in [0.15, 0.2) is 6.20 Å². The molecule has 0 amide bonds. The molecule has 1 rings (SSSR count). The second-order valence-electron chi connectivity index (χ2n) is 3.42. The number of nitrogens with zero attached hydrogens (tertiary/aromatic N) is 2. The van der Waals surface area contributed by atoms with Crippen molar-refractivity contribution >= 4 is 11.7 Å². The van der Waals surface area contributed by atoms with Crippen LogP contribution in [-0.4, -0.2) is 28.4 Å². The molecule has 1 heterocycles. The van der Waals surface area contributed by atoms with E-state index in [4.69, 9.17) is 4.74 Å². The van der Waals surface area contributed by atoms with Crippen molar-refractivity contribution in [1.82, 2.24) is 9.78 Å². The van der Waals surface area contributed by atoms with Gasteiger partial charge in [-0.25, -0.2) is 4.79 Å². The van der Waals surface area contributed by atoms with Gasteiger partial charge >= 0.3 is 5.97 Å². The maximum absolute atomic E-state index is 11.4. The van der Waals surface area contributed by atoms with Crippen molar-refractivity contribution in [2.45, 2.75) is 26.8 Å². The Kier molecular flexibility index (Phi) is 3.71. The minimum absolute atomic E-state index is 0.249. The van der Waals surface area contributed by atoms with Gasteiger partial charge in [0.05, 0.1) is 18.0 Å². The summed E-state index contributed by atoms with van der Waals surface area (Å²) in [6.45, 7) is 5.85. The highest BCUT2D eigenvalue weighted by Crippen LogP contribution is 2.12. The van der Waals surface area contributed by atoms with Crippen LogP contribution in [0.25, 0.3) is 0 Å². The molecule has 0 aromatic carbocycles. The molecule has 0 saturated carbocycles. The van der Waals surface area contributed by atoms with Gasteiger partial charge in [0.25, 0.3) is 0 Å². The second-order valence-corrected chi connectivity index (χ2v) is 3.42. The summed E-state index contributed by atoms with van der Waals surface area (Å²) < 4.78 is 6.60. The van der Waals surface area contributed by atoms with E-state index in [0.29, 0.717) is 6.61 Å². The molecule has 1 aromatic heterocycles. The quantitative estimate of drug-likeness (QED) is 0.757. The van der Waals surface area contributed by atoms with Crippen LogP contribution in [0.4, 0.5) is 5.69 Å². The number of hydrogen-bond acceptors (Lipinski definition) is 4. The third kappa shape index (κ3) is 2.97. The summed E-state index contributed by atoms with van der Waals surface area (Å²) in [6, 6.07) is -0.354. The number of ether oxygens (including phenoxy) is 1. The van der Waals surface area contributed by atoms with Gasteiger partial charge in [0.2, 0.25) is 0 Å². The van der Waals surface area contributed by atoms with Crippen LogP contribution < -0.4 is 5.32 Å². The number of aryl methyl sites for hydroxylation is 2. The van der Waals surface area contributed by atoms with Gasteiger partial charge in [0.15, 0.2) is 0 Å². The Morgan fingerprint density at radius 1 is 1.73 bits per heavy atom. The van der Waals surface area contributed by atoms with Crippen LogP contribution in [0.1, 0.15) is 19.5 Å². The second kappa shape index (κ2) is 4.82. The lowest BCUT2D eigenvalue weighted by atomic mass is 10.3. The first kappa shape index (κ1) is 11.6. The number of nitrogens with one attached hydrogen (secondary N) is 1. The maximum Gasteiger partial charge on any atom is 0.328 e. The largest absolute Gasteiger partial charge is 0.464 e. The van der Waals surface area contributed by atoms with E-state index in [9.17, 15) is 4.79 Å². The molecule has 0 radical (unpaired) electrons. The molecule has 5 nitrogen and oxygen atoms in total. The fraction of sp³-hybridized carbons (Fsp3) is 0.600. The Morgan fingerprint density at radius 2 is 2.40 bits per heavy atom. The SMILES string of the molecule is CCOC(=O)C(C)Nc1cn(C)nc1C. The molecule has 1 N–H and O–H groups in total. The van der Waals surface area contributed by atoms with Gasteiger partial charge in [-0.05, 0) is 20.8 Å². The third-order valence-corrected chi connectivity index (χ3v) is 2.03. The fourth-order valence-electron chi connectivity index (χ4n) is 1.30. The molecule has 15 heavy (non-hydrogen) atoms. The molecule has 5 heteroatoms. The third-order valence-electron chi connectivity index (χ3n) is 2.03. The topological polar surface area (TPSA) is 56.1 Å². The summed E-state index contributed by atoms with van der Waals surface area (Å²) in [5.41, 5.74) is 1.73. The van der Waals surface area contributed by atoms with E-state index in [2.05, 4.69) is 10.4 Å². The molecule has 84 valence electrons. The molecule has 0 aliphatic carbocycles. The van der Waals surface area contributed by atoms with Gasteiger partial charge in [-0.2, -0.15) is 5.10 Å². The van der Waals surface area contributed by atoms with Crippen LogP contribution in [0.2, 0.25) is 0 Å². The zero-order chi connectivity index (χ0) is 11.4. The maximum atomic E-state index is 11.4. The molecule has 1 unspecified atom stereocenters. The van der Waals surface area contributed by atoms with Gasteiger partial charge in [0.1, 0.15) is 6.04 Å². The zero-order valence-corrected chi connectivity index (χ0v) is 9.57. The lowest BCUT2D eigenvalue weighted by Gasteiger charge is -2.12. The molecule has 0 saturated heterocycles. The number of rotatable bonds is 4. The molecule has 0 spiro atoms. The zero-order valence-electron chi connectivity index (χ0n) is 9.57. The highest BCUT2D eigenvalue weighted by Gasteiger charge is 2.15. The Balaban J connectivity index is 2.61. The molecule has 0 fully saturated rings. The molecule has 1 atom stereocenters. The summed E-state index contributed by atoms with van der Waals surface area (Å²) >= 11 is 0. The Labute approximate surface area is 89.4 Å². The van der Waals surface area contributed by atoms with Crippen molar-refractivity contribution in [3.63, 3.8) is 0 Å². The number of carbonyl (C=O) groups excluding carboxylic acids is 1. The van der Waals surface area contributed by atoms with Gasteiger partial charge in [0, 0.05) is 13.2 Å². The molecular formula is C10H17N3O2. The summed E-state index contributed by atoms with van der Waals surface area (Å²) in [6.07, 6.45) is 1.84.